The zero-order chi connectivity index (χ0) is 39.9. The number of rotatable bonds is 14. The highest BCUT2D eigenvalue weighted by Gasteiger charge is 2.58. The van der Waals surface area contributed by atoms with Crippen LogP contribution in [0.5, 0.6) is 0 Å². The highest BCUT2D eigenvalue weighted by molar-refractivity contribution is 5.83. The van der Waals surface area contributed by atoms with Crippen LogP contribution in [0, 0.1) is 64.1 Å². The number of carboxylic acids is 1. The normalized spacial score (nSPS) is 39.4. The molecule has 6 aliphatic rings. The van der Waals surface area contributed by atoms with Crippen molar-refractivity contribution in [1.82, 2.24) is 20.6 Å². The summed E-state index contributed by atoms with van der Waals surface area (Å²) in [5.74, 6) is -1.25. The van der Waals surface area contributed by atoms with Crippen LogP contribution < -0.4 is 10.6 Å². The lowest BCUT2D eigenvalue weighted by Gasteiger charge is -2.62. The zero-order valence-electron chi connectivity index (χ0n) is 34.9. The second-order valence-corrected chi connectivity index (χ2v) is 20.2. The van der Waals surface area contributed by atoms with E-state index in [1.54, 1.807) is 19.1 Å². The maximum absolute atomic E-state index is 14.3. The quantitative estimate of drug-likeness (QED) is 0.174. The Kier molecular flexibility index (Phi) is 13.9. The van der Waals surface area contributed by atoms with E-state index in [2.05, 4.69) is 57.1 Å². The van der Waals surface area contributed by atoms with Crippen LogP contribution in [0.15, 0.2) is 0 Å². The predicted octanol–water partition coefficient (Wildman–Crippen LogP) is 4.18. The fraction of sp³-hybridized carbons (Fsp3) is 0.929. The zero-order valence-corrected chi connectivity index (χ0v) is 34.9. The first-order chi connectivity index (χ1) is 25.2. The lowest BCUT2D eigenvalue weighted by atomic mass is 9.45. The van der Waals surface area contributed by atoms with E-state index in [1.165, 1.54) is 6.42 Å². The van der Waals surface area contributed by atoms with Gasteiger partial charge in [-0.15, -0.1) is 0 Å². The van der Waals surface area contributed by atoms with Gasteiger partial charge in [-0.25, -0.2) is 0 Å². The molecule has 0 aromatic carbocycles. The second-order valence-electron chi connectivity index (χ2n) is 20.2. The van der Waals surface area contributed by atoms with Crippen molar-refractivity contribution in [2.24, 2.45) is 64.1 Å². The van der Waals surface area contributed by atoms with Gasteiger partial charge >= 0.3 is 5.97 Å². The number of fused-ring (bicyclic) bond motifs is 2. The van der Waals surface area contributed by atoms with Crippen LogP contribution in [0.3, 0.4) is 0 Å². The number of aliphatic hydroxyl groups is 2. The summed E-state index contributed by atoms with van der Waals surface area (Å²) in [7, 11) is 5.70. The maximum Gasteiger partial charge on any atom is 0.306 e. The molecule has 12 heteroatoms. The Balaban J connectivity index is 1.32. The number of hydroxylamine groups is 2. The number of nitrogens with one attached hydrogen (secondary N) is 2. The number of methoxy groups -OCH3 is 1. The number of carbonyl (C=O) groups is 3. The third-order valence-corrected chi connectivity index (χ3v) is 14.6. The van der Waals surface area contributed by atoms with Crippen molar-refractivity contribution in [3.05, 3.63) is 0 Å². The molecule has 0 spiro atoms. The molecule has 1 saturated heterocycles. The molecule has 1 heterocycles. The minimum Gasteiger partial charge on any atom is -0.481 e. The van der Waals surface area contributed by atoms with E-state index in [9.17, 15) is 29.7 Å². The molecule has 1 aliphatic heterocycles. The van der Waals surface area contributed by atoms with Gasteiger partial charge in [-0.1, -0.05) is 48.0 Å². The van der Waals surface area contributed by atoms with Crippen LogP contribution in [0.1, 0.15) is 106 Å². The number of amides is 2. The first-order valence-corrected chi connectivity index (χ1v) is 21.0. The summed E-state index contributed by atoms with van der Waals surface area (Å²) in [5, 5.41) is 40.0. The number of aliphatic hydroxyl groups excluding tert-OH is 2. The minimum atomic E-state index is -0.879. The van der Waals surface area contributed by atoms with Crippen molar-refractivity contribution in [2.75, 3.05) is 40.9 Å². The molecule has 5 aliphatic carbocycles. The van der Waals surface area contributed by atoms with Gasteiger partial charge in [0, 0.05) is 50.0 Å². The number of hydrogen-bond donors (Lipinski definition) is 5. The van der Waals surface area contributed by atoms with Gasteiger partial charge in [-0.3, -0.25) is 19.2 Å². The van der Waals surface area contributed by atoms with E-state index in [0.29, 0.717) is 50.1 Å². The fourth-order valence-corrected chi connectivity index (χ4v) is 11.9. The molecule has 0 aromatic rings. The number of nitrogens with zero attached hydrogens (tertiary/aromatic N) is 2. The SMILES string of the molecule is COC1C(CN2O[C@@H](CO)[C@@H]([C@H](C)O)[C@H]2C(=O)N[C@H]2CC3C[C@@H]([C@@H]2C)C3(C)C)CCCC1C1CC(C(=O)O)CC(C(=O)N[C@H](CN(C)C)CC(C)(C)C)C1. The Hall–Kier alpha value is -1.83. The highest BCUT2D eigenvalue weighted by atomic mass is 16.7. The summed E-state index contributed by atoms with van der Waals surface area (Å²) in [6.07, 6.45) is 5.17. The number of ether oxygens (including phenoxy) is 1. The van der Waals surface area contributed by atoms with Crippen LogP contribution in [-0.4, -0.2) is 120 Å². The van der Waals surface area contributed by atoms with Gasteiger partial charge in [0.15, 0.2) is 0 Å². The Labute approximate surface area is 324 Å². The average molecular weight is 763 g/mol. The maximum atomic E-state index is 14.3. The third-order valence-electron chi connectivity index (χ3n) is 14.6. The minimum absolute atomic E-state index is 0.0178. The Morgan fingerprint density at radius 2 is 1.72 bits per heavy atom. The van der Waals surface area contributed by atoms with Crippen molar-refractivity contribution < 1.29 is 39.3 Å². The molecule has 5 N–H and O–H groups in total. The van der Waals surface area contributed by atoms with Crippen LogP contribution >= 0.6 is 0 Å². The summed E-state index contributed by atoms with van der Waals surface area (Å²) < 4.78 is 6.29. The molecule has 310 valence electrons. The molecule has 2 amide bonds. The van der Waals surface area contributed by atoms with E-state index in [-0.39, 0.29) is 65.2 Å². The molecule has 5 saturated carbocycles. The van der Waals surface area contributed by atoms with Gasteiger partial charge in [0.1, 0.15) is 12.1 Å². The Bertz CT molecular complexity index is 1300. The largest absolute Gasteiger partial charge is 0.481 e. The van der Waals surface area contributed by atoms with Crippen molar-refractivity contribution in [1.29, 1.82) is 0 Å². The topological polar surface area (TPSA) is 161 Å². The molecule has 54 heavy (non-hydrogen) atoms. The van der Waals surface area contributed by atoms with E-state index in [1.807, 2.05) is 14.1 Å². The number of carbonyl (C=O) groups excluding carboxylic acids is 2. The fourth-order valence-electron chi connectivity index (χ4n) is 11.9. The summed E-state index contributed by atoms with van der Waals surface area (Å²) in [6, 6.07) is -0.768. The van der Waals surface area contributed by atoms with Gasteiger partial charge in [0.2, 0.25) is 11.8 Å². The van der Waals surface area contributed by atoms with Gasteiger partial charge in [-0.05, 0) is 113 Å². The summed E-state index contributed by atoms with van der Waals surface area (Å²) >= 11 is 0. The molecule has 15 atom stereocenters. The first-order valence-electron chi connectivity index (χ1n) is 21.0. The molecule has 7 unspecified atom stereocenters. The third kappa shape index (κ3) is 9.47. The first kappa shape index (κ1) is 43.3. The Morgan fingerprint density at radius 1 is 1.04 bits per heavy atom. The molecule has 0 aromatic heterocycles. The van der Waals surface area contributed by atoms with E-state index in [4.69, 9.17) is 9.57 Å². The molecule has 6 fully saturated rings. The van der Waals surface area contributed by atoms with E-state index >= 15 is 0 Å². The van der Waals surface area contributed by atoms with E-state index in [0.717, 1.165) is 32.1 Å². The van der Waals surface area contributed by atoms with Crippen molar-refractivity contribution in [3.8, 4) is 0 Å². The number of aliphatic carboxylic acids is 1. The summed E-state index contributed by atoms with van der Waals surface area (Å²) in [5.41, 5.74) is 0.305. The van der Waals surface area contributed by atoms with Crippen LogP contribution in [0.4, 0.5) is 0 Å². The van der Waals surface area contributed by atoms with Crippen molar-refractivity contribution >= 4 is 17.8 Å². The standard InChI is InChI=1S/C42H74N4O8/c1-23-32-17-29(42(32,6)7)18-33(23)44-39(50)36-35(24(2)48)34(22-47)54-46(36)20-25-12-11-13-31(37(25)53-10)26-14-27(16-28(15-26)40(51)52)38(49)43-30(21-45(8)9)19-41(3,4)5/h23-37,47-48H,11-22H2,1-10H3,(H,43,49)(H,44,50)(H,51,52)/t23-,24-,25?,26?,27?,28?,29?,30-,31?,32-,33-,34-,35+,36-,37?/m0/s1. The second kappa shape index (κ2) is 17.3. The van der Waals surface area contributed by atoms with Crippen molar-refractivity contribution in [2.45, 2.75) is 143 Å². The lowest BCUT2D eigenvalue weighted by molar-refractivity contribution is -0.193. The van der Waals surface area contributed by atoms with Gasteiger partial charge < -0.3 is 35.6 Å². The molecular formula is C42H74N4O8. The van der Waals surface area contributed by atoms with Crippen LogP contribution in [0.2, 0.25) is 0 Å². The highest BCUT2D eigenvalue weighted by Crippen LogP contribution is 2.61. The molecular weight excluding hydrogens is 688 g/mol. The smallest absolute Gasteiger partial charge is 0.306 e. The van der Waals surface area contributed by atoms with Gasteiger partial charge in [-0.2, -0.15) is 5.06 Å². The lowest BCUT2D eigenvalue weighted by Crippen LogP contribution is -2.62. The molecule has 2 bridgehead atoms. The van der Waals surface area contributed by atoms with Crippen LogP contribution in [-0.2, 0) is 24.0 Å². The van der Waals surface area contributed by atoms with E-state index < -0.39 is 42.0 Å². The molecule has 6 rings (SSSR count). The summed E-state index contributed by atoms with van der Waals surface area (Å²) in [6.45, 7) is 15.9. The molecule has 12 nitrogen and oxygen atoms in total. The van der Waals surface area contributed by atoms with Gasteiger partial charge in [0.05, 0.1) is 24.7 Å². The van der Waals surface area contributed by atoms with Gasteiger partial charge in [0.25, 0.3) is 0 Å². The predicted molar refractivity (Wildman–Crippen MR) is 207 cm³/mol. The average Bonchev–Trinajstić information content (AvgIpc) is 3.46. The number of hydrogen-bond acceptors (Lipinski definition) is 9. The molecule has 0 radical (unpaired) electrons. The van der Waals surface area contributed by atoms with Crippen molar-refractivity contribution in [3.63, 3.8) is 0 Å². The Morgan fingerprint density at radius 3 is 2.28 bits per heavy atom. The van der Waals surface area contributed by atoms with Crippen LogP contribution in [0.25, 0.3) is 0 Å². The number of carboxylic acid groups (broad SMARTS) is 1. The number of likely N-dealkylation sites (N-methyl/N-ethyl adjacent to an activating group) is 1. The summed E-state index contributed by atoms with van der Waals surface area (Å²) in [4.78, 5) is 49.2. The monoisotopic (exact) mass is 763 g/mol.